The molecule has 3 atom stereocenters. The summed E-state index contributed by atoms with van der Waals surface area (Å²) in [6.07, 6.45) is 1.76. The van der Waals surface area contributed by atoms with Crippen molar-refractivity contribution >= 4 is 12.4 Å². The largest absolute Gasteiger partial charge is 0.447 e. The van der Waals surface area contributed by atoms with Gasteiger partial charge in [-0.1, -0.05) is 30.3 Å². The van der Waals surface area contributed by atoms with Crippen molar-refractivity contribution < 1.29 is 19.1 Å². The van der Waals surface area contributed by atoms with Crippen molar-refractivity contribution in [1.29, 1.82) is 0 Å². The van der Waals surface area contributed by atoms with Crippen LogP contribution < -0.4 is 0 Å². The van der Waals surface area contributed by atoms with Crippen LogP contribution in [0.25, 0.3) is 0 Å². The first kappa shape index (κ1) is 13.1. The third-order valence-electron chi connectivity index (χ3n) is 3.94. The molecule has 2 aliphatic rings. The molecule has 2 heterocycles. The highest BCUT2D eigenvalue weighted by Gasteiger charge is 2.46. The molecule has 2 saturated heterocycles. The van der Waals surface area contributed by atoms with Crippen molar-refractivity contribution in [3.63, 3.8) is 0 Å². The Morgan fingerprint density at radius 1 is 1.30 bits per heavy atom. The quantitative estimate of drug-likeness (QED) is 0.786. The summed E-state index contributed by atoms with van der Waals surface area (Å²) in [5.41, 5.74) is 1.10. The van der Waals surface area contributed by atoms with E-state index in [1.807, 2.05) is 30.3 Å². The Bertz CT molecular complexity index is 490. The van der Waals surface area contributed by atoms with Gasteiger partial charge in [0.2, 0.25) is 0 Å². The lowest BCUT2D eigenvalue weighted by Gasteiger charge is -2.37. The molecule has 5 nitrogen and oxygen atoms in total. The van der Waals surface area contributed by atoms with Gasteiger partial charge in [0.05, 0.1) is 24.8 Å². The topological polar surface area (TPSA) is 55.8 Å². The van der Waals surface area contributed by atoms with E-state index in [1.54, 1.807) is 0 Å². The fourth-order valence-electron chi connectivity index (χ4n) is 2.89. The normalized spacial score (nSPS) is 28.9. The molecular formula is C15H17NO4. The van der Waals surface area contributed by atoms with Crippen molar-refractivity contribution in [1.82, 2.24) is 4.90 Å². The molecule has 1 amide bonds. The van der Waals surface area contributed by atoms with E-state index >= 15 is 0 Å². The molecule has 0 unspecified atom stereocenters. The first-order valence-corrected chi connectivity index (χ1v) is 6.85. The molecule has 106 valence electrons. The monoisotopic (exact) mass is 275 g/mol. The zero-order valence-electron chi connectivity index (χ0n) is 11.1. The van der Waals surface area contributed by atoms with E-state index in [-0.39, 0.29) is 18.2 Å². The molecule has 0 bridgehead atoms. The lowest BCUT2D eigenvalue weighted by Crippen LogP contribution is -2.53. The first-order valence-electron chi connectivity index (χ1n) is 6.85. The number of amides is 1. The molecule has 3 rings (SSSR count). The van der Waals surface area contributed by atoms with Crippen LogP contribution in [-0.2, 0) is 20.9 Å². The molecule has 2 aliphatic heterocycles. The second-order valence-electron chi connectivity index (χ2n) is 5.17. The van der Waals surface area contributed by atoms with Crippen LogP contribution in [-0.4, -0.2) is 42.1 Å². The molecule has 1 aromatic rings. The number of cyclic esters (lactones) is 1. The highest BCUT2D eigenvalue weighted by Crippen LogP contribution is 2.30. The van der Waals surface area contributed by atoms with Crippen LogP contribution in [0.3, 0.4) is 0 Å². The van der Waals surface area contributed by atoms with Gasteiger partial charge in [-0.15, -0.1) is 0 Å². The molecule has 2 fully saturated rings. The predicted molar refractivity (Wildman–Crippen MR) is 71.1 cm³/mol. The van der Waals surface area contributed by atoms with Crippen LogP contribution in [0.4, 0.5) is 4.79 Å². The van der Waals surface area contributed by atoms with Crippen molar-refractivity contribution in [2.24, 2.45) is 0 Å². The molecule has 0 radical (unpaired) electrons. The molecule has 5 heteroatoms. The fourth-order valence-corrected chi connectivity index (χ4v) is 2.89. The van der Waals surface area contributed by atoms with Crippen LogP contribution in [0.2, 0.25) is 0 Å². The Morgan fingerprint density at radius 3 is 2.85 bits per heavy atom. The van der Waals surface area contributed by atoms with Gasteiger partial charge in [0, 0.05) is 0 Å². The third kappa shape index (κ3) is 2.41. The van der Waals surface area contributed by atoms with Gasteiger partial charge in [0.25, 0.3) is 0 Å². The van der Waals surface area contributed by atoms with E-state index in [4.69, 9.17) is 9.47 Å². The summed E-state index contributed by atoms with van der Waals surface area (Å²) in [5, 5.41) is 0. The summed E-state index contributed by atoms with van der Waals surface area (Å²) in [6.45, 7) is 0.818. The number of ether oxygens (including phenoxy) is 2. The van der Waals surface area contributed by atoms with Crippen LogP contribution in [0, 0.1) is 0 Å². The number of fused-ring (bicyclic) bond motifs is 1. The number of hydrogen-bond donors (Lipinski definition) is 0. The third-order valence-corrected chi connectivity index (χ3v) is 3.94. The average molecular weight is 275 g/mol. The van der Waals surface area contributed by atoms with Crippen molar-refractivity contribution in [3.8, 4) is 0 Å². The van der Waals surface area contributed by atoms with Crippen molar-refractivity contribution in [3.05, 3.63) is 35.9 Å². The van der Waals surface area contributed by atoms with Gasteiger partial charge in [-0.05, 0) is 18.4 Å². The van der Waals surface area contributed by atoms with Gasteiger partial charge in [-0.2, -0.15) is 0 Å². The Labute approximate surface area is 117 Å². The Hall–Kier alpha value is -1.88. The maximum atomic E-state index is 11.7. The number of benzene rings is 1. The van der Waals surface area contributed by atoms with Crippen LogP contribution in [0.1, 0.15) is 18.4 Å². The summed E-state index contributed by atoms with van der Waals surface area (Å²) in [7, 11) is 0. The SMILES string of the molecule is O=C[C@H]1CC[C@H](OCc2ccccc2)[C@H]2COC(=O)N21. The van der Waals surface area contributed by atoms with Gasteiger partial charge in [-0.3, -0.25) is 4.90 Å². The van der Waals surface area contributed by atoms with E-state index in [2.05, 4.69) is 0 Å². The number of carbonyl (C=O) groups excluding carboxylic acids is 2. The molecule has 0 aromatic heterocycles. The highest BCUT2D eigenvalue weighted by molar-refractivity contribution is 5.76. The van der Waals surface area contributed by atoms with Gasteiger partial charge < -0.3 is 14.3 Å². The van der Waals surface area contributed by atoms with Crippen molar-refractivity contribution in [2.75, 3.05) is 6.61 Å². The Kier molecular flexibility index (Phi) is 3.69. The molecular weight excluding hydrogens is 258 g/mol. The maximum absolute atomic E-state index is 11.7. The Balaban J connectivity index is 1.66. The predicted octanol–water partition coefficient (Wildman–Crippen LogP) is 1.75. The Morgan fingerprint density at radius 2 is 2.10 bits per heavy atom. The maximum Gasteiger partial charge on any atom is 0.410 e. The van der Waals surface area contributed by atoms with E-state index in [1.165, 1.54) is 4.90 Å². The summed E-state index contributed by atoms with van der Waals surface area (Å²) < 4.78 is 11.0. The van der Waals surface area contributed by atoms with Gasteiger partial charge in [0.15, 0.2) is 0 Å². The zero-order chi connectivity index (χ0) is 13.9. The lowest BCUT2D eigenvalue weighted by atomic mass is 9.95. The molecule has 0 aliphatic carbocycles. The molecule has 0 spiro atoms. The van der Waals surface area contributed by atoms with Crippen LogP contribution in [0.5, 0.6) is 0 Å². The number of piperidine rings is 1. The molecule has 0 saturated carbocycles. The highest BCUT2D eigenvalue weighted by atomic mass is 16.6. The second kappa shape index (κ2) is 5.63. The average Bonchev–Trinajstić information content (AvgIpc) is 2.89. The van der Waals surface area contributed by atoms with Crippen LogP contribution >= 0.6 is 0 Å². The van der Waals surface area contributed by atoms with Gasteiger partial charge >= 0.3 is 6.09 Å². The number of aldehydes is 1. The standard InChI is InChI=1S/C15H17NO4/c17-8-12-6-7-14(13-10-20-15(18)16(12)13)19-9-11-4-2-1-3-5-11/h1-5,8,12-14H,6-7,9-10H2/t12-,13-,14+/m1/s1. The zero-order valence-corrected chi connectivity index (χ0v) is 11.1. The minimum absolute atomic E-state index is 0.0714. The van der Waals surface area contributed by atoms with Crippen LogP contribution in [0.15, 0.2) is 30.3 Å². The smallest absolute Gasteiger partial charge is 0.410 e. The number of hydrogen-bond acceptors (Lipinski definition) is 4. The number of rotatable bonds is 4. The fraction of sp³-hybridized carbons (Fsp3) is 0.467. The minimum Gasteiger partial charge on any atom is -0.447 e. The molecule has 1 aromatic carbocycles. The van der Waals surface area contributed by atoms with E-state index in [0.29, 0.717) is 19.6 Å². The summed E-state index contributed by atoms with van der Waals surface area (Å²) >= 11 is 0. The first-order chi connectivity index (χ1) is 9.79. The van der Waals surface area contributed by atoms with Gasteiger partial charge in [-0.25, -0.2) is 4.79 Å². The lowest BCUT2D eigenvalue weighted by molar-refractivity contribution is -0.116. The summed E-state index contributed by atoms with van der Waals surface area (Å²) in [5.74, 6) is 0. The minimum atomic E-state index is -0.403. The van der Waals surface area contributed by atoms with E-state index in [9.17, 15) is 9.59 Å². The molecule has 20 heavy (non-hydrogen) atoms. The number of carbonyl (C=O) groups is 2. The van der Waals surface area contributed by atoms with Crippen molar-refractivity contribution in [2.45, 2.75) is 37.6 Å². The summed E-state index contributed by atoms with van der Waals surface area (Å²) in [6, 6.07) is 9.40. The second-order valence-corrected chi connectivity index (χ2v) is 5.17. The molecule has 0 N–H and O–H groups in total. The summed E-state index contributed by atoms with van der Waals surface area (Å²) in [4.78, 5) is 24.3. The van der Waals surface area contributed by atoms with Gasteiger partial charge in [0.1, 0.15) is 12.9 Å². The van der Waals surface area contributed by atoms with E-state index in [0.717, 1.165) is 18.3 Å². The number of nitrogens with zero attached hydrogens (tertiary/aromatic N) is 1. The van der Waals surface area contributed by atoms with E-state index < -0.39 is 6.09 Å².